The van der Waals surface area contributed by atoms with E-state index in [1.54, 1.807) is 0 Å². The number of rotatable bonds is 2. The molecule has 2 nitrogen and oxygen atoms in total. The summed E-state index contributed by atoms with van der Waals surface area (Å²) in [7, 11) is 0. The molecule has 0 unspecified atom stereocenters. The fraction of sp³-hybridized carbons (Fsp3) is 0. The van der Waals surface area contributed by atoms with Gasteiger partial charge < -0.3 is 10.7 Å². The van der Waals surface area contributed by atoms with Crippen molar-refractivity contribution >= 4 is 39.2 Å². The normalized spacial score (nSPS) is 11.0. The third-order valence-electron chi connectivity index (χ3n) is 4.09. The van der Waals surface area contributed by atoms with Crippen molar-refractivity contribution in [3.63, 3.8) is 0 Å². The molecule has 0 fully saturated rings. The summed E-state index contributed by atoms with van der Waals surface area (Å²) in [5.74, 6) is 0. The highest BCUT2D eigenvalue weighted by atomic mass is 127. The Morgan fingerprint density at radius 2 is 1.30 bits per heavy atom. The zero-order valence-electron chi connectivity index (χ0n) is 12.4. The van der Waals surface area contributed by atoms with Gasteiger partial charge in [-0.3, -0.25) is 0 Å². The number of hydrogen-bond donors (Lipinski definition) is 2. The van der Waals surface area contributed by atoms with E-state index < -0.39 is 0 Å². The quantitative estimate of drug-likeness (QED) is 0.324. The number of benzene rings is 3. The number of nitrogen functional groups attached to an aromatic ring is 1. The molecule has 112 valence electrons. The largest absolute Gasteiger partial charge is 0.398 e. The van der Waals surface area contributed by atoms with E-state index >= 15 is 0 Å². The molecule has 4 rings (SSSR count). The monoisotopic (exact) mass is 410 g/mol. The highest BCUT2D eigenvalue weighted by molar-refractivity contribution is 14.1. The Kier molecular flexibility index (Phi) is 3.58. The average Bonchev–Trinajstić information content (AvgIpc) is 2.93. The van der Waals surface area contributed by atoms with Crippen molar-refractivity contribution in [3.8, 4) is 22.4 Å². The number of nitrogens with two attached hydrogens (primary N) is 1. The van der Waals surface area contributed by atoms with Crippen molar-refractivity contribution < 1.29 is 0 Å². The van der Waals surface area contributed by atoms with E-state index in [-0.39, 0.29) is 0 Å². The second kappa shape index (κ2) is 5.74. The van der Waals surface area contributed by atoms with Crippen molar-refractivity contribution in [1.82, 2.24) is 4.98 Å². The summed E-state index contributed by atoms with van der Waals surface area (Å²) < 4.78 is 1.24. The number of H-pyrrole nitrogens is 1. The number of halogens is 1. The SMILES string of the molecule is Nc1ccccc1-c1ccccc1-c1[nH]c2ccccc2c1I. The van der Waals surface area contributed by atoms with Gasteiger partial charge in [0.15, 0.2) is 0 Å². The first-order valence-corrected chi connectivity index (χ1v) is 8.54. The van der Waals surface area contributed by atoms with Gasteiger partial charge in [0.25, 0.3) is 0 Å². The van der Waals surface area contributed by atoms with Crippen LogP contribution in [0.2, 0.25) is 0 Å². The van der Waals surface area contributed by atoms with E-state index in [9.17, 15) is 0 Å². The lowest BCUT2D eigenvalue weighted by atomic mass is 9.96. The van der Waals surface area contributed by atoms with Crippen LogP contribution in [0.3, 0.4) is 0 Å². The van der Waals surface area contributed by atoms with Gasteiger partial charge in [0.05, 0.1) is 5.69 Å². The molecule has 0 spiro atoms. The summed E-state index contributed by atoms with van der Waals surface area (Å²) in [5, 5.41) is 1.25. The molecule has 0 atom stereocenters. The van der Waals surface area contributed by atoms with Gasteiger partial charge in [0, 0.05) is 31.3 Å². The number of anilines is 1. The predicted molar refractivity (Wildman–Crippen MR) is 106 cm³/mol. The first-order chi connectivity index (χ1) is 11.3. The van der Waals surface area contributed by atoms with Gasteiger partial charge >= 0.3 is 0 Å². The molecular weight excluding hydrogens is 395 g/mol. The van der Waals surface area contributed by atoms with Crippen LogP contribution in [0.15, 0.2) is 72.8 Å². The lowest BCUT2D eigenvalue weighted by molar-refractivity contribution is 1.44. The van der Waals surface area contributed by atoms with Gasteiger partial charge in [-0.2, -0.15) is 0 Å². The molecule has 3 N–H and O–H groups in total. The topological polar surface area (TPSA) is 41.8 Å². The predicted octanol–water partition coefficient (Wildman–Crippen LogP) is 5.69. The summed E-state index contributed by atoms with van der Waals surface area (Å²) in [4.78, 5) is 3.56. The average molecular weight is 410 g/mol. The smallest absolute Gasteiger partial charge is 0.0606 e. The Morgan fingerprint density at radius 3 is 2.04 bits per heavy atom. The number of para-hydroxylation sites is 2. The lowest BCUT2D eigenvalue weighted by Gasteiger charge is -2.11. The number of nitrogens with one attached hydrogen (secondary N) is 1. The first-order valence-electron chi connectivity index (χ1n) is 7.46. The molecule has 0 aliphatic rings. The van der Waals surface area contributed by atoms with Crippen molar-refractivity contribution in [1.29, 1.82) is 0 Å². The number of aromatic amines is 1. The molecule has 1 aromatic heterocycles. The van der Waals surface area contributed by atoms with Gasteiger partial charge in [-0.15, -0.1) is 0 Å². The van der Waals surface area contributed by atoms with Gasteiger partial charge in [-0.05, 0) is 40.3 Å². The third-order valence-corrected chi connectivity index (χ3v) is 5.21. The van der Waals surface area contributed by atoms with E-state index in [1.165, 1.54) is 14.5 Å². The molecule has 0 aliphatic heterocycles. The molecule has 0 amide bonds. The van der Waals surface area contributed by atoms with Crippen LogP contribution < -0.4 is 5.73 Å². The van der Waals surface area contributed by atoms with Gasteiger partial charge in [-0.25, -0.2) is 0 Å². The van der Waals surface area contributed by atoms with Crippen molar-refractivity contribution in [2.24, 2.45) is 0 Å². The molecule has 3 aromatic carbocycles. The van der Waals surface area contributed by atoms with E-state index in [4.69, 9.17) is 5.73 Å². The van der Waals surface area contributed by atoms with E-state index in [0.717, 1.165) is 28.0 Å². The Balaban J connectivity index is 2.00. The van der Waals surface area contributed by atoms with Crippen LogP contribution in [-0.4, -0.2) is 4.98 Å². The minimum atomic E-state index is 0.797. The standard InChI is InChI=1S/C20H15IN2/c21-19-16-10-4-6-12-18(16)23-20(19)15-9-2-1-7-13(15)14-8-3-5-11-17(14)22/h1-12,23H,22H2. The fourth-order valence-electron chi connectivity index (χ4n) is 2.97. The Morgan fingerprint density at radius 1 is 0.696 bits per heavy atom. The molecule has 3 heteroatoms. The molecule has 4 aromatic rings. The van der Waals surface area contributed by atoms with Gasteiger partial charge in [0.2, 0.25) is 0 Å². The highest BCUT2D eigenvalue weighted by Crippen LogP contribution is 2.38. The molecule has 23 heavy (non-hydrogen) atoms. The molecule has 0 aliphatic carbocycles. The van der Waals surface area contributed by atoms with Crippen molar-refractivity contribution in [2.45, 2.75) is 0 Å². The second-order valence-electron chi connectivity index (χ2n) is 5.49. The Hall–Kier alpha value is -2.27. The molecule has 0 bridgehead atoms. The first kappa shape index (κ1) is 14.3. The van der Waals surface area contributed by atoms with E-state index in [0.29, 0.717) is 0 Å². The minimum absolute atomic E-state index is 0.797. The van der Waals surface area contributed by atoms with E-state index in [2.05, 4.69) is 82.2 Å². The van der Waals surface area contributed by atoms with Gasteiger partial charge in [0.1, 0.15) is 0 Å². The summed E-state index contributed by atoms with van der Waals surface area (Å²) >= 11 is 2.42. The highest BCUT2D eigenvalue weighted by Gasteiger charge is 2.15. The lowest BCUT2D eigenvalue weighted by Crippen LogP contribution is -1.92. The summed E-state index contributed by atoms with van der Waals surface area (Å²) in [5.41, 5.74) is 12.7. The van der Waals surface area contributed by atoms with Crippen LogP contribution in [0.1, 0.15) is 0 Å². The van der Waals surface area contributed by atoms with Crippen LogP contribution in [0.25, 0.3) is 33.3 Å². The molecule has 0 saturated carbocycles. The molecule has 0 radical (unpaired) electrons. The van der Waals surface area contributed by atoms with Crippen LogP contribution >= 0.6 is 22.6 Å². The second-order valence-corrected chi connectivity index (χ2v) is 6.57. The molecule has 0 saturated heterocycles. The van der Waals surface area contributed by atoms with E-state index in [1.807, 2.05) is 18.2 Å². The fourth-order valence-corrected chi connectivity index (χ4v) is 3.87. The maximum absolute atomic E-state index is 6.20. The van der Waals surface area contributed by atoms with Crippen LogP contribution in [0.4, 0.5) is 5.69 Å². The number of hydrogen-bond acceptors (Lipinski definition) is 1. The zero-order valence-corrected chi connectivity index (χ0v) is 14.5. The number of aromatic nitrogens is 1. The minimum Gasteiger partial charge on any atom is -0.398 e. The zero-order chi connectivity index (χ0) is 15.8. The molecule has 1 heterocycles. The van der Waals surface area contributed by atoms with Crippen molar-refractivity contribution in [3.05, 3.63) is 76.4 Å². The van der Waals surface area contributed by atoms with Crippen LogP contribution in [0, 0.1) is 3.57 Å². The van der Waals surface area contributed by atoms with Crippen molar-refractivity contribution in [2.75, 3.05) is 5.73 Å². The Bertz CT molecular complexity index is 1000. The third kappa shape index (κ3) is 2.41. The van der Waals surface area contributed by atoms with Gasteiger partial charge in [-0.1, -0.05) is 60.7 Å². The maximum Gasteiger partial charge on any atom is 0.0606 e. The summed E-state index contributed by atoms with van der Waals surface area (Å²) in [6.45, 7) is 0. The van der Waals surface area contributed by atoms with Crippen LogP contribution in [0.5, 0.6) is 0 Å². The number of fused-ring (bicyclic) bond motifs is 1. The Labute approximate surface area is 148 Å². The van der Waals surface area contributed by atoms with Crippen LogP contribution in [-0.2, 0) is 0 Å². The molecular formula is C20H15IN2. The summed E-state index contributed by atoms with van der Waals surface area (Å²) in [6.07, 6.45) is 0. The maximum atomic E-state index is 6.20. The summed E-state index contributed by atoms with van der Waals surface area (Å²) in [6, 6.07) is 24.8.